The molecule has 0 saturated heterocycles. The lowest BCUT2D eigenvalue weighted by molar-refractivity contribution is 0.0376. The minimum atomic E-state index is -0.420. The second-order valence-electron chi connectivity index (χ2n) is 5.54. The highest BCUT2D eigenvalue weighted by atomic mass is 127. The summed E-state index contributed by atoms with van der Waals surface area (Å²) < 4.78 is 6.83. The third-order valence-corrected chi connectivity index (χ3v) is 5.27. The number of hydrogen-bond acceptors (Lipinski definition) is 2. The van der Waals surface area contributed by atoms with Gasteiger partial charge in [-0.05, 0) is 52.3 Å². The van der Waals surface area contributed by atoms with Crippen molar-refractivity contribution < 1.29 is 9.53 Å². The van der Waals surface area contributed by atoms with E-state index in [9.17, 15) is 4.79 Å². The summed E-state index contributed by atoms with van der Waals surface area (Å²) in [6.07, 6.45) is -0.420. The number of esters is 1. The zero-order valence-corrected chi connectivity index (χ0v) is 15.4. The molecule has 0 aliphatic rings. The van der Waals surface area contributed by atoms with E-state index in [1.165, 1.54) is 0 Å². The van der Waals surface area contributed by atoms with Gasteiger partial charge in [0.2, 0.25) is 0 Å². The Morgan fingerprint density at radius 2 is 1.38 bits per heavy atom. The molecular formula is C21H17IO2. The van der Waals surface area contributed by atoms with E-state index in [1.54, 1.807) is 0 Å². The molecule has 120 valence electrons. The van der Waals surface area contributed by atoms with Gasteiger partial charge in [-0.15, -0.1) is 0 Å². The monoisotopic (exact) mass is 428 g/mol. The van der Waals surface area contributed by atoms with Gasteiger partial charge in [-0.2, -0.15) is 0 Å². The van der Waals surface area contributed by atoms with E-state index in [0.717, 1.165) is 20.3 Å². The third-order valence-electron chi connectivity index (χ3n) is 3.84. The number of carbonyl (C=O) groups is 1. The van der Waals surface area contributed by atoms with E-state index in [1.807, 2.05) is 85.8 Å². The van der Waals surface area contributed by atoms with Crippen molar-refractivity contribution in [2.75, 3.05) is 0 Å². The number of halogens is 1. The van der Waals surface area contributed by atoms with Gasteiger partial charge in [0, 0.05) is 3.57 Å². The second kappa shape index (κ2) is 7.62. The fourth-order valence-corrected chi connectivity index (χ4v) is 3.14. The summed E-state index contributed by atoms with van der Waals surface area (Å²) in [5.41, 5.74) is 3.59. The van der Waals surface area contributed by atoms with E-state index in [0.29, 0.717) is 5.56 Å². The molecule has 3 heteroatoms. The molecule has 0 amide bonds. The van der Waals surface area contributed by atoms with Crippen LogP contribution < -0.4 is 0 Å². The minimum absolute atomic E-state index is 0.305. The fourth-order valence-electron chi connectivity index (χ4n) is 2.56. The molecule has 0 spiro atoms. The average molecular weight is 428 g/mol. The first-order chi connectivity index (χ1) is 11.7. The molecule has 0 aromatic heterocycles. The first-order valence-corrected chi connectivity index (χ1v) is 8.80. The number of aryl methyl sites for hydroxylation is 1. The van der Waals surface area contributed by atoms with Crippen LogP contribution in [0.25, 0.3) is 0 Å². The Bertz CT molecular complexity index is 789. The fraction of sp³-hybridized carbons (Fsp3) is 0.0952. The van der Waals surface area contributed by atoms with Crippen LogP contribution in [0.1, 0.15) is 33.2 Å². The van der Waals surface area contributed by atoms with E-state index in [-0.39, 0.29) is 5.97 Å². The molecule has 0 atom stereocenters. The first kappa shape index (κ1) is 16.7. The van der Waals surface area contributed by atoms with Crippen molar-refractivity contribution in [1.29, 1.82) is 0 Å². The smallest absolute Gasteiger partial charge is 0.340 e. The van der Waals surface area contributed by atoms with E-state index in [2.05, 4.69) is 22.6 Å². The zero-order valence-electron chi connectivity index (χ0n) is 13.3. The quantitative estimate of drug-likeness (QED) is 0.403. The maximum atomic E-state index is 12.7. The van der Waals surface area contributed by atoms with Crippen molar-refractivity contribution in [2.24, 2.45) is 0 Å². The normalized spacial score (nSPS) is 10.6. The molecule has 0 aliphatic carbocycles. The van der Waals surface area contributed by atoms with Gasteiger partial charge in [0.05, 0.1) is 5.56 Å². The third kappa shape index (κ3) is 3.67. The molecule has 0 radical (unpaired) electrons. The molecular weight excluding hydrogens is 411 g/mol. The molecule has 3 rings (SSSR count). The van der Waals surface area contributed by atoms with Crippen LogP contribution in [0.4, 0.5) is 0 Å². The van der Waals surface area contributed by atoms with Crippen LogP contribution in [0.15, 0.2) is 78.9 Å². The SMILES string of the molecule is Cc1cccc(C(=O)OC(c2ccccc2)c2ccccc2)c1I. The predicted octanol–water partition coefficient (Wildman–Crippen LogP) is 5.55. The molecule has 0 saturated carbocycles. The second-order valence-corrected chi connectivity index (χ2v) is 6.62. The number of ether oxygens (including phenoxy) is 1. The van der Waals surface area contributed by atoms with Gasteiger partial charge in [0.25, 0.3) is 0 Å². The molecule has 0 fully saturated rings. The Labute approximate surface area is 155 Å². The number of hydrogen-bond donors (Lipinski definition) is 0. The van der Waals surface area contributed by atoms with Crippen LogP contribution in [0, 0.1) is 10.5 Å². The Kier molecular flexibility index (Phi) is 5.30. The van der Waals surface area contributed by atoms with Crippen LogP contribution in [0.3, 0.4) is 0 Å². The Balaban J connectivity index is 1.95. The molecule has 2 nitrogen and oxygen atoms in total. The molecule has 3 aromatic rings. The van der Waals surface area contributed by atoms with E-state index >= 15 is 0 Å². The molecule has 0 heterocycles. The largest absolute Gasteiger partial charge is 0.449 e. The maximum Gasteiger partial charge on any atom is 0.340 e. The van der Waals surface area contributed by atoms with Crippen molar-refractivity contribution in [3.05, 3.63) is 105 Å². The Hall–Kier alpha value is -2.14. The lowest BCUT2D eigenvalue weighted by Crippen LogP contribution is -2.14. The minimum Gasteiger partial charge on any atom is -0.449 e. The topological polar surface area (TPSA) is 26.3 Å². The molecule has 0 aliphatic heterocycles. The summed E-state index contributed by atoms with van der Waals surface area (Å²) >= 11 is 2.20. The van der Waals surface area contributed by atoms with Gasteiger partial charge >= 0.3 is 5.97 Å². The summed E-state index contributed by atoms with van der Waals surface area (Å²) in [7, 11) is 0. The Morgan fingerprint density at radius 1 is 0.833 bits per heavy atom. The summed E-state index contributed by atoms with van der Waals surface area (Å²) in [4.78, 5) is 12.7. The van der Waals surface area contributed by atoms with Gasteiger partial charge in [-0.25, -0.2) is 4.79 Å². The van der Waals surface area contributed by atoms with Crippen molar-refractivity contribution >= 4 is 28.6 Å². The van der Waals surface area contributed by atoms with Crippen molar-refractivity contribution in [2.45, 2.75) is 13.0 Å². The molecule has 3 aromatic carbocycles. The Morgan fingerprint density at radius 3 is 1.92 bits per heavy atom. The lowest BCUT2D eigenvalue weighted by atomic mass is 10.0. The standard InChI is InChI=1S/C21H17IO2/c1-15-9-8-14-18(19(15)22)21(23)24-20(16-10-4-2-5-11-16)17-12-6-3-7-13-17/h2-14,20H,1H3. The summed E-state index contributed by atoms with van der Waals surface area (Å²) in [6, 6.07) is 25.3. The summed E-state index contributed by atoms with van der Waals surface area (Å²) in [5, 5.41) is 0. The van der Waals surface area contributed by atoms with Crippen LogP contribution in [-0.4, -0.2) is 5.97 Å². The van der Waals surface area contributed by atoms with E-state index < -0.39 is 6.10 Å². The highest BCUT2D eigenvalue weighted by Crippen LogP contribution is 2.28. The zero-order chi connectivity index (χ0) is 16.9. The first-order valence-electron chi connectivity index (χ1n) is 7.73. The van der Waals surface area contributed by atoms with Gasteiger partial charge in [-0.1, -0.05) is 72.8 Å². The van der Waals surface area contributed by atoms with Gasteiger partial charge in [0.15, 0.2) is 6.10 Å². The van der Waals surface area contributed by atoms with Gasteiger partial charge < -0.3 is 4.74 Å². The molecule has 24 heavy (non-hydrogen) atoms. The van der Waals surface area contributed by atoms with Crippen LogP contribution in [-0.2, 0) is 4.74 Å². The van der Waals surface area contributed by atoms with Crippen LogP contribution in [0.5, 0.6) is 0 Å². The van der Waals surface area contributed by atoms with Crippen LogP contribution in [0.2, 0.25) is 0 Å². The van der Waals surface area contributed by atoms with Crippen molar-refractivity contribution in [3.8, 4) is 0 Å². The lowest BCUT2D eigenvalue weighted by Gasteiger charge is -2.19. The van der Waals surface area contributed by atoms with Crippen molar-refractivity contribution in [3.63, 3.8) is 0 Å². The predicted molar refractivity (Wildman–Crippen MR) is 104 cm³/mol. The number of rotatable bonds is 4. The average Bonchev–Trinajstić information content (AvgIpc) is 2.63. The van der Waals surface area contributed by atoms with Crippen molar-refractivity contribution in [1.82, 2.24) is 0 Å². The highest BCUT2D eigenvalue weighted by molar-refractivity contribution is 14.1. The number of carbonyl (C=O) groups excluding carboxylic acids is 1. The van der Waals surface area contributed by atoms with Gasteiger partial charge in [-0.3, -0.25) is 0 Å². The van der Waals surface area contributed by atoms with E-state index in [4.69, 9.17) is 4.74 Å². The van der Waals surface area contributed by atoms with Crippen LogP contribution >= 0.6 is 22.6 Å². The summed E-state index contributed by atoms with van der Waals surface area (Å²) in [6.45, 7) is 1.99. The maximum absolute atomic E-state index is 12.7. The van der Waals surface area contributed by atoms with Gasteiger partial charge in [0.1, 0.15) is 0 Å². The molecule has 0 bridgehead atoms. The molecule has 0 unspecified atom stereocenters. The summed E-state index contributed by atoms with van der Waals surface area (Å²) in [5.74, 6) is -0.305. The highest BCUT2D eigenvalue weighted by Gasteiger charge is 2.21. The molecule has 0 N–H and O–H groups in total. The number of benzene rings is 3.